The average molecular weight is 437 g/mol. The number of amidine groups is 1. The molecule has 0 aliphatic carbocycles. The summed E-state index contributed by atoms with van der Waals surface area (Å²) < 4.78 is 20.3. The van der Waals surface area contributed by atoms with Crippen molar-refractivity contribution >= 4 is 33.7 Å². The van der Waals surface area contributed by atoms with Crippen LogP contribution in [0.4, 0.5) is 15.0 Å². The van der Waals surface area contributed by atoms with Crippen molar-refractivity contribution < 1.29 is 13.9 Å². The molecule has 0 aromatic carbocycles. The Hall–Kier alpha value is -2.04. The first-order chi connectivity index (χ1) is 14.0. The molecule has 0 fully saturated rings. The highest BCUT2D eigenvalue weighted by Crippen LogP contribution is 2.61. The van der Waals surface area contributed by atoms with E-state index in [0.29, 0.717) is 24.6 Å². The molecule has 1 amide bonds. The third kappa shape index (κ3) is 2.96. The summed E-state index contributed by atoms with van der Waals surface area (Å²) in [4.78, 5) is 21.7. The zero-order valence-corrected chi connectivity index (χ0v) is 18.7. The minimum Gasteiger partial charge on any atom is -0.423 e. The van der Waals surface area contributed by atoms with Gasteiger partial charge in [-0.2, -0.15) is 0 Å². The van der Waals surface area contributed by atoms with Gasteiger partial charge in [-0.25, -0.2) is 14.2 Å². The van der Waals surface area contributed by atoms with Crippen LogP contribution in [-0.2, 0) is 10.3 Å². The molecular weight excluding hydrogens is 407 g/mol. The van der Waals surface area contributed by atoms with Crippen LogP contribution in [0.1, 0.15) is 53.2 Å². The number of hydrogen-bond donors (Lipinski definition) is 4. The van der Waals surface area contributed by atoms with Crippen LogP contribution in [0.5, 0.6) is 0 Å². The lowest BCUT2D eigenvalue weighted by Gasteiger charge is -2.60. The van der Waals surface area contributed by atoms with Crippen molar-refractivity contribution in [3.63, 3.8) is 0 Å². The SMILES string of the molecule is CC1(C)Nc2ccc(F)c(n2)[C@@]2(C)N=C(NC(=O)O1)C(C)(C)S1=CN[C@@]12CCCN. The topological polar surface area (TPSA) is 114 Å². The molecule has 3 aliphatic rings. The first-order valence-electron chi connectivity index (χ1n) is 10.1. The maximum Gasteiger partial charge on any atom is 0.414 e. The number of nitrogens with zero attached hydrogens (tertiary/aromatic N) is 2. The van der Waals surface area contributed by atoms with Gasteiger partial charge >= 0.3 is 6.09 Å². The van der Waals surface area contributed by atoms with Gasteiger partial charge in [-0.15, -0.1) is 10.5 Å². The molecule has 3 aliphatic heterocycles. The van der Waals surface area contributed by atoms with Gasteiger partial charge in [0.05, 0.1) is 9.62 Å². The minimum absolute atomic E-state index is 0.225. The van der Waals surface area contributed by atoms with Crippen LogP contribution in [0.3, 0.4) is 0 Å². The van der Waals surface area contributed by atoms with Crippen LogP contribution < -0.4 is 21.7 Å². The number of carbonyl (C=O) groups excluding carboxylic acids is 1. The molecule has 164 valence electrons. The summed E-state index contributed by atoms with van der Waals surface area (Å²) in [6, 6.07) is 2.92. The molecule has 0 saturated heterocycles. The number of rotatable bonds is 3. The number of pyridine rings is 1. The van der Waals surface area contributed by atoms with Crippen LogP contribution in [0.2, 0.25) is 0 Å². The lowest BCUT2D eigenvalue weighted by Crippen LogP contribution is -2.70. The highest BCUT2D eigenvalue weighted by Gasteiger charge is 2.63. The molecule has 3 atom stereocenters. The second kappa shape index (κ2) is 6.73. The van der Waals surface area contributed by atoms with Crippen molar-refractivity contribution in [3.8, 4) is 0 Å². The number of fused-ring (bicyclic) bond motifs is 6. The Morgan fingerprint density at radius 1 is 1.23 bits per heavy atom. The van der Waals surface area contributed by atoms with E-state index in [9.17, 15) is 4.79 Å². The molecule has 1 unspecified atom stereocenters. The number of carbonyl (C=O) groups is 1. The van der Waals surface area contributed by atoms with Gasteiger partial charge in [0, 0.05) is 5.49 Å². The number of aliphatic imine (C=N–C) groups is 1. The standard InChI is InChI=1S/C20H29FN6O2S/c1-17(2)15-25-16(28)29-18(3,4)26-13-8-7-12(21)14(24-13)19(5,27-15)20(9-6-10-22)23-11-30(17)20/h7-8,11,23H,6,9-10,22H2,1-5H3,(H,24,26)(H,25,27,28)/t19-,20+,30?/m1/s1. The molecule has 4 rings (SSSR count). The van der Waals surface area contributed by atoms with E-state index in [2.05, 4.69) is 20.9 Å². The molecule has 0 spiro atoms. The molecule has 10 heteroatoms. The monoisotopic (exact) mass is 436 g/mol. The van der Waals surface area contributed by atoms with E-state index in [1.807, 2.05) is 26.3 Å². The number of amides is 1. The largest absolute Gasteiger partial charge is 0.423 e. The fourth-order valence-electron chi connectivity index (χ4n) is 4.49. The van der Waals surface area contributed by atoms with E-state index in [4.69, 9.17) is 15.5 Å². The Morgan fingerprint density at radius 2 is 1.97 bits per heavy atom. The number of alkyl carbamates (subject to hydrolysis) is 1. The molecule has 4 heterocycles. The molecule has 1 aromatic rings. The van der Waals surface area contributed by atoms with Gasteiger partial charge in [0.1, 0.15) is 28.7 Å². The Balaban J connectivity index is 2.00. The van der Waals surface area contributed by atoms with Crippen molar-refractivity contribution in [2.45, 2.75) is 68.3 Å². The fourth-order valence-corrected chi connectivity index (χ4v) is 7.42. The second-order valence-electron chi connectivity index (χ2n) is 9.04. The van der Waals surface area contributed by atoms with Crippen molar-refractivity contribution in [1.29, 1.82) is 0 Å². The summed E-state index contributed by atoms with van der Waals surface area (Å²) in [5.74, 6) is 0.425. The summed E-state index contributed by atoms with van der Waals surface area (Å²) >= 11 is 0. The lowest BCUT2D eigenvalue weighted by molar-refractivity contribution is 0.0623. The van der Waals surface area contributed by atoms with E-state index in [1.54, 1.807) is 13.8 Å². The Kier molecular flexibility index (Phi) is 4.76. The number of anilines is 1. The number of nitrogens with two attached hydrogens (primary N) is 1. The number of ether oxygens (including phenoxy) is 1. The summed E-state index contributed by atoms with van der Waals surface area (Å²) in [6.07, 6.45) is 0.834. The van der Waals surface area contributed by atoms with Crippen molar-refractivity contribution in [2.24, 2.45) is 10.7 Å². The van der Waals surface area contributed by atoms with E-state index < -0.39 is 32.8 Å². The number of cyclic esters (lactones) is 1. The molecule has 0 saturated carbocycles. The maximum atomic E-state index is 15.2. The van der Waals surface area contributed by atoms with Gasteiger partial charge in [0.2, 0.25) is 0 Å². The van der Waals surface area contributed by atoms with Gasteiger partial charge in [-0.3, -0.25) is 15.6 Å². The molecule has 4 bridgehead atoms. The predicted octanol–water partition coefficient (Wildman–Crippen LogP) is 2.58. The van der Waals surface area contributed by atoms with E-state index >= 15 is 4.39 Å². The minimum atomic E-state index is -1.06. The van der Waals surface area contributed by atoms with Crippen LogP contribution in [0, 0.1) is 5.82 Å². The maximum absolute atomic E-state index is 15.2. The molecule has 8 nitrogen and oxygen atoms in total. The van der Waals surface area contributed by atoms with E-state index in [-0.39, 0.29) is 16.2 Å². The molecule has 5 N–H and O–H groups in total. The zero-order valence-electron chi connectivity index (χ0n) is 17.9. The first-order valence-corrected chi connectivity index (χ1v) is 11.3. The van der Waals surface area contributed by atoms with Gasteiger partial charge in [-0.1, -0.05) is 0 Å². The van der Waals surface area contributed by atoms with Crippen LogP contribution in [0.25, 0.3) is 0 Å². The molecule has 30 heavy (non-hydrogen) atoms. The third-order valence-electron chi connectivity index (χ3n) is 6.06. The van der Waals surface area contributed by atoms with Gasteiger partial charge in [0.25, 0.3) is 0 Å². The van der Waals surface area contributed by atoms with Crippen LogP contribution >= 0.6 is 10.5 Å². The highest BCUT2D eigenvalue weighted by molar-refractivity contribution is 8.19. The molecule has 1 aromatic heterocycles. The summed E-state index contributed by atoms with van der Waals surface area (Å²) in [6.45, 7) is 9.88. The average Bonchev–Trinajstić information content (AvgIpc) is 2.60. The van der Waals surface area contributed by atoms with Gasteiger partial charge in [-0.05, 0) is 66.1 Å². The Labute approximate surface area is 178 Å². The van der Waals surface area contributed by atoms with Crippen LogP contribution in [0.15, 0.2) is 17.1 Å². The Morgan fingerprint density at radius 3 is 2.60 bits per heavy atom. The number of aromatic nitrogens is 1. The first kappa shape index (κ1) is 21.2. The number of hydrogen-bond acceptors (Lipinski definition) is 7. The summed E-state index contributed by atoms with van der Waals surface area (Å²) in [7, 11) is -0.377. The predicted molar refractivity (Wildman–Crippen MR) is 118 cm³/mol. The highest BCUT2D eigenvalue weighted by atomic mass is 32.2. The van der Waals surface area contributed by atoms with Crippen molar-refractivity contribution in [1.82, 2.24) is 15.6 Å². The third-order valence-corrected chi connectivity index (χ3v) is 9.18. The number of nitrogens with one attached hydrogen (secondary N) is 3. The lowest BCUT2D eigenvalue weighted by atomic mass is 9.83. The summed E-state index contributed by atoms with van der Waals surface area (Å²) in [5, 5.41) is 9.37. The molecular formula is C20H29FN6O2S. The fraction of sp³-hybridized carbons (Fsp3) is 0.600. The van der Waals surface area contributed by atoms with E-state index in [0.717, 1.165) is 6.42 Å². The van der Waals surface area contributed by atoms with Gasteiger partial charge in [0.15, 0.2) is 5.72 Å². The van der Waals surface area contributed by atoms with Crippen molar-refractivity contribution in [3.05, 3.63) is 23.6 Å². The van der Waals surface area contributed by atoms with Crippen molar-refractivity contribution in [2.75, 3.05) is 11.9 Å². The molecule has 0 radical (unpaired) electrons. The van der Waals surface area contributed by atoms with E-state index in [1.165, 1.54) is 12.1 Å². The smallest absolute Gasteiger partial charge is 0.414 e. The van der Waals surface area contributed by atoms with Gasteiger partial charge < -0.3 is 15.8 Å². The number of halogens is 1. The summed E-state index contributed by atoms with van der Waals surface area (Å²) in [5.41, 5.74) is 5.97. The Bertz CT molecular complexity index is 978. The zero-order chi connectivity index (χ0) is 21.9. The normalized spacial score (nSPS) is 33.2. The quantitative estimate of drug-likeness (QED) is 0.542. The second-order valence-corrected chi connectivity index (χ2v) is 11.7. The van der Waals surface area contributed by atoms with Crippen LogP contribution in [-0.4, -0.2) is 44.3 Å².